The molecule has 6 heteroatoms. The summed E-state index contributed by atoms with van der Waals surface area (Å²) in [5.41, 5.74) is 5.46. The lowest BCUT2D eigenvalue weighted by Gasteiger charge is -2.31. The Morgan fingerprint density at radius 1 is 1.50 bits per heavy atom. The summed E-state index contributed by atoms with van der Waals surface area (Å²) in [7, 11) is 0. The maximum atomic E-state index is 5.79. The van der Waals surface area contributed by atoms with Crippen LogP contribution in [0.5, 0.6) is 0 Å². The SMILES string of the molecule is CCCOC1CCCN(c2nnc(CCN)o2)C1. The molecular weight excluding hydrogens is 232 g/mol. The van der Waals surface area contributed by atoms with Crippen LogP contribution in [0, 0.1) is 0 Å². The van der Waals surface area contributed by atoms with Gasteiger partial charge in [0.25, 0.3) is 0 Å². The van der Waals surface area contributed by atoms with Gasteiger partial charge in [-0.05, 0) is 19.3 Å². The third-order valence-corrected chi connectivity index (χ3v) is 3.02. The molecule has 1 aromatic heterocycles. The van der Waals surface area contributed by atoms with Crippen LogP contribution in [-0.4, -0.2) is 42.5 Å². The van der Waals surface area contributed by atoms with E-state index in [0.717, 1.165) is 39.0 Å². The van der Waals surface area contributed by atoms with Gasteiger partial charge < -0.3 is 19.8 Å². The van der Waals surface area contributed by atoms with Crippen LogP contribution in [0.15, 0.2) is 4.42 Å². The Morgan fingerprint density at radius 3 is 3.17 bits per heavy atom. The molecule has 2 heterocycles. The summed E-state index contributed by atoms with van der Waals surface area (Å²) in [5, 5.41) is 8.06. The minimum atomic E-state index is 0.281. The summed E-state index contributed by atoms with van der Waals surface area (Å²) in [5.74, 6) is 0.615. The van der Waals surface area contributed by atoms with Gasteiger partial charge in [0.1, 0.15) is 0 Å². The first-order chi connectivity index (χ1) is 8.83. The Labute approximate surface area is 107 Å². The zero-order valence-electron chi connectivity index (χ0n) is 11.0. The number of aromatic nitrogens is 2. The van der Waals surface area contributed by atoms with E-state index in [1.165, 1.54) is 0 Å². The zero-order valence-corrected chi connectivity index (χ0v) is 11.0. The lowest BCUT2D eigenvalue weighted by atomic mass is 10.1. The molecule has 1 atom stereocenters. The smallest absolute Gasteiger partial charge is 0.318 e. The van der Waals surface area contributed by atoms with Crippen molar-refractivity contribution in [3.05, 3.63) is 5.89 Å². The molecule has 0 aliphatic carbocycles. The number of anilines is 1. The molecule has 2 N–H and O–H groups in total. The number of rotatable bonds is 6. The number of nitrogens with zero attached hydrogens (tertiary/aromatic N) is 3. The van der Waals surface area contributed by atoms with E-state index in [0.29, 0.717) is 24.9 Å². The fourth-order valence-electron chi connectivity index (χ4n) is 2.13. The average molecular weight is 254 g/mol. The maximum Gasteiger partial charge on any atom is 0.318 e. The molecule has 0 bridgehead atoms. The molecule has 102 valence electrons. The first-order valence-corrected chi connectivity index (χ1v) is 6.72. The molecule has 1 aromatic rings. The van der Waals surface area contributed by atoms with E-state index in [-0.39, 0.29) is 6.10 Å². The zero-order chi connectivity index (χ0) is 12.8. The monoisotopic (exact) mass is 254 g/mol. The lowest BCUT2D eigenvalue weighted by molar-refractivity contribution is 0.0430. The van der Waals surface area contributed by atoms with Crippen LogP contribution >= 0.6 is 0 Å². The van der Waals surface area contributed by atoms with Gasteiger partial charge in [-0.2, -0.15) is 0 Å². The molecule has 1 aliphatic heterocycles. The normalized spacial score (nSPS) is 20.3. The van der Waals surface area contributed by atoms with Gasteiger partial charge in [0.15, 0.2) is 0 Å². The molecule has 2 rings (SSSR count). The Balaban J connectivity index is 1.90. The van der Waals surface area contributed by atoms with Crippen LogP contribution in [0.4, 0.5) is 6.01 Å². The summed E-state index contributed by atoms with van der Waals surface area (Å²) in [6.45, 7) is 5.27. The summed E-state index contributed by atoms with van der Waals surface area (Å²) < 4.78 is 11.4. The molecule has 0 spiro atoms. The quantitative estimate of drug-likeness (QED) is 0.815. The van der Waals surface area contributed by atoms with Gasteiger partial charge in [-0.1, -0.05) is 12.0 Å². The Kier molecular flexibility index (Phi) is 4.95. The van der Waals surface area contributed by atoms with Crippen LogP contribution in [0.1, 0.15) is 32.1 Å². The van der Waals surface area contributed by atoms with Gasteiger partial charge in [0.05, 0.1) is 6.10 Å². The van der Waals surface area contributed by atoms with Crippen molar-refractivity contribution in [1.82, 2.24) is 10.2 Å². The summed E-state index contributed by atoms with van der Waals surface area (Å²) in [6, 6.07) is 0.600. The highest BCUT2D eigenvalue weighted by molar-refractivity contribution is 5.25. The predicted molar refractivity (Wildman–Crippen MR) is 68.5 cm³/mol. The van der Waals surface area contributed by atoms with Crippen molar-refractivity contribution < 1.29 is 9.15 Å². The van der Waals surface area contributed by atoms with Gasteiger partial charge in [-0.15, -0.1) is 5.10 Å². The summed E-state index contributed by atoms with van der Waals surface area (Å²) in [6.07, 6.45) is 4.18. The topological polar surface area (TPSA) is 77.4 Å². The molecule has 1 saturated heterocycles. The van der Waals surface area contributed by atoms with Crippen LogP contribution in [0.2, 0.25) is 0 Å². The predicted octanol–water partition coefficient (Wildman–Crippen LogP) is 0.966. The third-order valence-electron chi connectivity index (χ3n) is 3.02. The van der Waals surface area contributed by atoms with Gasteiger partial charge in [-0.25, -0.2) is 0 Å². The van der Waals surface area contributed by atoms with E-state index in [1.807, 2.05) is 0 Å². The molecule has 6 nitrogen and oxygen atoms in total. The molecule has 0 saturated carbocycles. The van der Waals surface area contributed by atoms with E-state index < -0.39 is 0 Å². The number of hydrogen-bond donors (Lipinski definition) is 1. The van der Waals surface area contributed by atoms with Crippen molar-refractivity contribution in [2.75, 3.05) is 31.1 Å². The fraction of sp³-hybridized carbons (Fsp3) is 0.833. The average Bonchev–Trinajstić information content (AvgIpc) is 2.86. The number of ether oxygens (including phenoxy) is 1. The van der Waals surface area contributed by atoms with E-state index in [9.17, 15) is 0 Å². The van der Waals surface area contributed by atoms with Gasteiger partial charge in [0, 0.05) is 32.7 Å². The highest BCUT2D eigenvalue weighted by Crippen LogP contribution is 2.20. The van der Waals surface area contributed by atoms with Crippen molar-refractivity contribution >= 4 is 6.01 Å². The van der Waals surface area contributed by atoms with Crippen molar-refractivity contribution in [1.29, 1.82) is 0 Å². The second-order valence-corrected chi connectivity index (χ2v) is 4.60. The molecule has 1 fully saturated rings. The molecule has 0 aromatic carbocycles. The van der Waals surface area contributed by atoms with Crippen molar-refractivity contribution in [3.63, 3.8) is 0 Å². The second kappa shape index (κ2) is 6.70. The third kappa shape index (κ3) is 3.43. The van der Waals surface area contributed by atoms with Crippen molar-refractivity contribution in [2.45, 2.75) is 38.7 Å². The molecule has 18 heavy (non-hydrogen) atoms. The van der Waals surface area contributed by atoms with Crippen LogP contribution < -0.4 is 10.6 Å². The van der Waals surface area contributed by atoms with Crippen LogP contribution in [-0.2, 0) is 11.2 Å². The first kappa shape index (κ1) is 13.3. The standard InChI is InChI=1S/C12H22N4O2/c1-2-8-17-10-4-3-7-16(9-10)12-15-14-11(18-12)5-6-13/h10H,2-9,13H2,1H3. The number of piperidine rings is 1. The molecule has 0 amide bonds. The largest absolute Gasteiger partial charge is 0.408 e. The number of nitrogens with two attached hydrogens (primary N) is 1. The summed E-state index contributed by atoms with van der Waals surface area (Å²) in [4.78, 5) is 2.11. The molecule has 1 unspecified atom stereocenters. The van der Waals surface area contributed by atoms with Gasteiger partial charge in [0.2, 0.25) is 5.89 Å². The summed E-state index contributed by atoms with van der Waals surface area (Å²) >= 11 is 0. The van der Waals surface area contributed by atoms with Gasteiger partial charge in [-0.3, -0.25) is 0 Å². The highest BCUT2D eigenvalue weighted by Gasteiger charge is 2.23. The highest BCUT2D eigenvalue weighted by atomic mass is 16.5. The van der Waals surface area contributed by atoms with Crippen molar-refractivity contribution in [2.24, 2.45) is 5.73 Å². The Morgan fingerprint density at radius 2 is 2.39 bits per heavy atom. The van der Waals surface area contributed by atoms with E-state index in [4.69, 9.17) is 14.9 Å². The van der Waals surface area contributed by atoms with E-state index in [1.54, 1.807) is 0 Å². The van der Waals surface area contributed by atoms with Crippen molar-refractivity contribution in [3.8, 4) is 0 Å². The Bertz CT molecular complexity index is 356. The van der Waals surface area contributed by atoms with Crippen LogP contribution in [0.3, 0.4) is 0 Å². The minimum absolute atomic E-state index is 0.281. The molecule has 0 radical (unpaired) electrons. The van der Waals surface area contributed by atoms with Crippen LogP contribution in [0.25, 0.3) is 0 Å². The lowest BCUT2D eigenvalue weighted by Crippen LogP contribution is -2.40. The van der Waals surface area contributed by atoms with E-state index >= 15 is 0 Å². The Hall–Kier alpha value is -1.14. The molecular formula is C12H22N4O2. The fourth-order valence-corrected chi connectivity index (χ4v) is 2.13. The van der Waals surface area contributed by atoms with E-state index in [2.05, 4.69) is 22.0 Å². The maximum absolute atomic E-state index is 5.79. The second-order valence-electron chi connectivity index (χ2n) is 4.60. The molecule has 1 aliphatic rings. The van der Waals surface area contributed by atoms with Gasteiger partial charge >= 0.3 is 6.01 Å². The number of hydrogen-bond acceptors (Lipinski definition) is 6. The minimum Gasteiger partial charge on any atom is -0.408 e. The first-order valence-electron chi connectivity index (χ1n) is 6.72.